The van der Waals surface area contributed by atoms with E-state index in [4.69, 9.17) is 0 Å². The third-order valence-electron chi connectivity index (χ3n) is 5.45. The van der Waals surface area contributed by atoms with Crippen molar-refractivity contribution in [3.63, 3.8) is 0 Å². The van der Waals surface area contributed by atoms with Crippen LogP contribution in [-0.2, 0) is 0 Å². The van der Waals surface area contributed by atoms with E-state index in [2.05, 4.69) is 44.8 Å². The van der Waals surface area contributed by atoms with Crippen LogP contribution >= 0.6 is 0 Å². The van der Waals surface area contributed by atoms with Gasteiger partial charge in [-0.25, -0.2) is 0 Å². The molecule has 2 nitrogen and oxygen atoms in total. The summed E-state index contributed by atoms with van der Waals surface area (Å²) in [5.41, 5.74) is 0.759. The Morgan fingerprint density at radius 2 is 1.85 bits per heavy atom. The van der Waals surface area contributed by atoms with Crippen LogP contribution in [0, 0.1) is 11.3 Å². The summed E-state index contributed by atoms with van der Waals surface area (Å²) in [7, 11) is 0. The molecule has 1 N–H and O–H groups in total. The average molecular weight is 280 g/mol. The summed E-state index contributed by atoms with van der Waals surface area (Å²) in [5.74, 6) is 0.932. The molecule has 0 aromatic carbocycles. The standard InChI is InChI=1S/C18H36N2/c1-6-7-8-9-12-20-14-18(5,15-10-11-15)19-13-16(20)17(2,3)4/h15-16,19H,6-14H2,1-5H3. The van der Waals surface area contributed by atoms with Gasteiger partial charge in [0.05, 0.1) is 0 Å². The van der Waals surface area contributed by atoms with Crippen molar-refractivity contribution in [2.75, 3.05) is 19.6 Å². The number of piperazine rings is 1. The Kier molecular flexibility index (Phi) is 5.18. The SMILES string of the molecule is CCCCCCN1CC(C)(C2CC2)NCC1C(C)(C)C. The van der Waals surface area contributed by atoms with E-state index in [9.17, 15) is 0 Å². The lowest BCUT2D eigenvalue weighted by atomic mass is 9.80. The highest BCUT2D eigenvalue weighted by Gasteiger charge is 2.47. The molecule has 2 fully saturated rings. The second-order valence-corrected chi connectivity index (χ2v) is 8.49. The van der Waals surface area contributed by atoms with Gasteiger partial charge >= 0.3 is 0 Å². The molecule has 1 aliphatic heterocycles. The normalized spacial score (nSPS) is 32.5. The van der Waals surface area contributed by atoms with Crippen molar-refractivity contribution in [1.29, 1.82) is 0 Å². The Morgan fingerprint density at radius 3 is 2.40 bits per heavy atom. The Balaban J connectivity index is 1.95. The quantitative estimate of drug-likeness (QED) is 0.738. The first kappa shape index (κ1) is 16.3. The molecule has 0 amide bonds. The Morgan fingerprint density at radius 1 is 1.15 bits per heavy atom. The molecule has 0 bridgehead atoms. The van der Waals surface area contributed by atoms with E-state index >= 15 is 0 Å². The van der Waals surface area contributed by atoms with Crippen LogP contribution in [0.5, 0.6) is 0 Å². The van der Waals surface area contributed by atoms with Gasteiger partial charge < -0.3 is 5.32 Å². The van der Waals surface area contributed by atoms with Gasteiger partial charge in [0.1, 0.15) is 0 Å². The van der Waals surface area contributed by atoms with Crippen LogP contribution in [-0.4, -0.2) is 36.1 Å². The molecule has 20 heavy (non-hydrogen) atoms. The summed E-state index contributed by atoms with van der Waals surface area (Å²) in [6.07, 6.45) is 8.38. The van der Waals surface area contributed by atoms with Crippen LogP contribution in [0.2, 0.25) is 0 Å². The van der Waals surface area contributed by atoms with E-state index in [1.54, 1.807) is 0 Å². The zero-order valence-corrected chi connectivity index (χ0v) is 14.5. The van der Waals surface area contributed by atoms with Crippen molar-refractivity contribution in [2.24, 2.45) is 11.3 Å². The fraction of sp³-hybridized carbons (Fsp3) is 1.00. The number of hydrogen-bond donors (Lipinski definition) is 1. The minimum absolute atomic E-state index is 0.378. The zero-order valence-electron chi connectivity index (χ0n) is 14.5. The second-order valence-electron chi connectivity index (χ2n) is 8.49. The summed E-state index contributed by atoms with van der Waals surface area (Å²) >= 11 is 0. The summed E-state index contributed by atoms with van der Waals surface area (Å²) < 4.78 is 0. The number of rotatable bonds is 6. The maximum Gasteiger partial charge on any atom is 0.0309 e. The van der Waals surface area contributed by atoms with Crippen molar-refractivity contribution in [3.05, 3.63) is 0 Å². The van der Waals surface area contributed by atoms with Crippen LogP contribution < -0.4 is 5.32 Å². The monoisotopic (exact) mass is 280 g/mol. The van der Waals surface area contributed by atoms with E-state index in [1.807, 2.05) is 0 Å². The maximum absolute atomic E-state index is 3.90. The topological polar surface area (TPSA) is 15.3 Å². The molecule has 0 aromatic heterocycles. The minimum Gasteiger partial charge on any atom is -0.308 e. The van der Waals surface area contributed by atoms with E-state index < -0.39 is 0 Å². The van der Waals surface area contributed by atoms with E-state index in [0.29, 0.717) is 17.0 Å². The molecule has 1 heterocycles. The summed E-state index contributed by atoms with van der Waals surface area (Å²) in [4.78, 5) is 2.81. The third-order valence-corrected chi connectivity index (χ3v) is 5.45. The Bertz CT molecular complexity index is 303. The molecule has 0 radical (unpaired) electrons. The molecule has 2 atom stereocenters. The molecule has 0 spiro atoms. The summed E-state index contributed by atoms with van der Waals surface area (Å²) in [6, 6.07) is 0.691. The van der Waals surface area contributed by atoms with Gasteiger partial charge in [-0.3, -0.25) is 4.90 Å². The molecule has 0 aromatic rings. The Hall–Kier alpha value is -0.0800. The van der Waals surface area contributed by atoms with Crippen LogP contribution in [0.15, 0.2) is 0 Å². The molecule has 1 saturated heterocycles. The van der Waals surface area contributed by atoms with Gasteiger partial charge in [-0.05, 0) is 44.1 Å². The number of hydrogen-bond acceptors (Lipinski definition) is 2. The second kappa shape index (κ2) is 6.36. The van der Waals surface area contributed by atoms with Crippen molar-refractivity contribution < 1.29 is 0 Å². The molecule has 118 valence electrons. The fourth-order valence-electron chi connectivity index (χ4n) is 3.87. The zero-order chi connectivity index (χ0) is 14.8. The van der Waals surface area contributed by atoms with Gasteiger partial charge in [0.2, 0.25) is 0 Å². The molecule has 2 aliphatic rings. The fourth-order valence-corrected chi connectivity index (χ4v) is 3.87. The highest BCUT2D eigenvalue weighted by Crippen LogP contribution is 2.42. The third kappa shape index (κ3) is 3.98. The van der Waals surface area contributed by atoms with Gasteiger partial charge in [-0.15, -0.1) is 0 Å². The van der Waals surface area contributed by atoms with E-state index in [-0.39, 0.29) is 0 Å². The lowest BCUT2D eigenvalue weighted by Crippen LogP contribution is -2.66. The lowest BCUT2D eigenvalue weighted by Gasteiger charge is -2.51. The molecule has 2 heteroatoms. The minimum atomic E-state index is 0.378. The van der Waals surface area contributed by atoms with Gasteiger partial charge in [0.15, 0.2) is 0 Å². The van der Waals surface area contributed by atoms with Gasteiger partial charge in [-0.1, -0.05) is 47.0 Å². The molecule has 2 unspecified atom stereocenters. The predicted molar refractivity (Wildman–Crippen MR) is 88.1 cm³/mol. The number of nitrogens with one attached hydrogen (secondary N) is 1. The Labute approximate surface area is 126 Å². The number of nitrogens with zero attached hydrogens (tertiary/aromatic N) is 1. The first-order valence-electron chi connectivity index (χ1n) is 8.86. The average Bonchev–Trinajstić information content (AvgIpc) is 3.17. The first-order chi connectivity index (χ1) is 9.37. The predicted octanol–water partition coefficient (Wildman–Crippen LogP) is 4.06. The van der Waals surface area contributed by atoms with E-state index in [0.717, 1.165) is 5.92 Å². The van der Waals surface area contributed by atoms with Crippen molar-refractivity contribution in [1.82, 2.24) is 10.2 Å². The highest BCUT2D eigenvalue weighted by atomic mass is 15.3. The summed E-state index contributed by atoms with van der Waals surface area (Å²) in [6.45, 7) is 15.7. The molecular formula is C18H36N2. The van der Waals surface area contributed by atoms with Crippen LogP contribution in [0.4, 0.5) is 0 Å². The van der Waals surface area contributed by atoms with Gasteiger partial charge in [0.25, 0.3) is 0 Å². The molecular weight excluding hydrogens is 244 g/mol. The van der Waals surface area contributed by atoms with E-state index in [1.165, 1.54) is 58.2 Å². The van der Waals surface area contributed by atoms with Crippen LogP contribution in [0.1, 0.15) is 73.1 Å². The van der Waals surface area contributed by atoms with Crippen molar-refractivity contribution in [2.45, 2.75) is 84.7 Å². The highest BCUT2D eigenvalue weighted by molar-refractivity contribution is 5.05. The lowest BCUT2D eigenvalue weighted by molar-refractivity contribution is 0.0192. The van der Waals surface area contributed by atoms with Crippen molar-refractivity contribution in [3.8, 4) is 0 Å². The largest absolute Gasteiger partial charge is 0.308 e. The maximum atomic E-state index is 3.90. The molecule has 1 aliphatic carbocycles. The first-order valence-corrected chi connectivity index (χ1v) is 8.86. The molecule has 1 saturated carbocycles. The molecule has 2 rings (SSSR count). The van der Waals surface area contributed by atoms with Gasteiger partial charge in [0, 0.05) is 24.7 Å². The number of unbranched alkanes of at least 4 members (excludes halogenated alkanes) is 3. The smallest absolute Gasteiger partial charge is 0.0309 e. The van der Waals surface area contributed by atoms with Crippen molar-refractivity contribution >= 4 is 0 Å². The van der Waals surface area contributed by atoms with Gasteiger partial charge in [-0.2, -0.15) is 0 Å². The van der Waals surface area contributed by atoms with Crippen LogP contribution in [0.25, 0.3) is 0 Å². The summed E-state index contributed by atoms with van der Waals surface area (Å²) in [5, 5.41) is 3.90. The van der Waals surface area contributed by atoms with Crippen LogP contribution in [0.3, 0.4) is 0 Å².